The molecule has 2 unspecified atom stereocenters. The van der Waals surface area contributed by atoms with Crippen LogP contribution in [0, 0.1) is 0 Å². The molecule has 0 fully saturated rings. The van der Waals surface area contributed by atoms with Gasteiger partial charge in [0.15, 0.2) is 11.9 Å². The number of carboxylic acids is 1. The third kappa shape index (κ3) is 3.48. The summed E-state index contributed by atoms with van der Waals surface area (Å²) < 4.78 is 25.2. The Morgan fingerprint density at radius 3 is 2.26 bits per heavy atom. The minimum absolute atomic E-state index is 0.123. The molecule has 0 heterocycles. The third-order valence-electron chi connectivity index (χ3n) is 2.52. The van der Waals surface area contributed by atoms with Crippen molar-refractivity contribution in [2.75, 3.05) is 0 Å². The Labute approximate surface area is 112 Å². The molecule has 7 heteroatoms. The lowest BCUT2D eigenvalue weighted by atomic mass is 9.96. The number of Topliss-reactive ketones (excluding diaryl/α,β-unsaturated/α-hetero) is 1. The molecule has 0 aliphatic rings. The molecule has 0 amide bonds. The molecule has 0 radical (unpaired) electrons. The fourth-order valence-electron chi connectivity index (χ4n) is 1.55. The molecule has 19 heavy (non-hydrogen) atoms. The van der Waals surface area contributed by atoms with Crippen LogP contribution in [0.4, 0.5) is 8.78 Å². The van der Waals surface area contributed by atoms with E-state index < -0.39 is 35.2 Å². The Morgan fingerprint density at radius 2 is 1.84 bits per heavy atom. The Morgan fingerprint density at radius 1 is 1.26 bits per heavy atom. The van der Waals surface area contributed by atoms with E-state index in [9.17, 15) is 23.5 Å². The normalized spacial score (nSPS) is 14.2. The van der Waals surface area contributed by atoms with Gasteiger partial charge in [-0.3, -0.25) is 4.79 Å². The Kier molecular flexibility index (Phi) is 4.97. The molecule has 0 spiro atoms. The van der Waals surface area contributed by atoms with Crippen LogP contribution in [0.15, 0.2) is 18.2 Å². The maximum Gasteiger partial charge on any atom is 0.337 e. The summed E-state index contributed by atoms with van der Waals surface area (Å²) in [6, 6.07) is 2.96. The van der Waals surface area contributed by atoms with Crippen LogP contribution in [0.3, 0.4) is 0 Å². The number of hydrogen-bond donors (Lipinski definition) is 2. The van der Waals surface area contributed by atoms with E-state index in [-0.39, 0.29) is 11.1 Å². The van der Waals surface area contributed by atoms with Crippen molar-refractivity contribution in [2.24, 2.45) is 0 Å². The lowest BCUT2D eigenvalue weighted by molar-refractivity contribution is -0.147. The smallest absolute Gasteiger partial charge is 0.337 e. The third-order valence-corrected chi connectivity index (χ3v) is 3.06. The molecule has 2 N–H and O–H groups in total. The van der Waals surface area contributed by atoms with Crippen LogP contribution in [0.1, 0.15) is 41.5 Å². The summed E-state index contributed by atoms with van der Waals surface area (Å²) in [7, 11) is 0. The van der Waals surface area contributed by atoms with E-state index in [1.807, 2.05) is 0 Å². The van der Waals surface area contributed by atoms with Crippen molar-refractivity contribution in [3.05, 3.63) is 34.9 Å². The van der Waals surface area contributed by atoms with Crippen LogP contribution in [0.2, 0.25) is 0 Å². The topological polar surface area (TPSA) is 74.6 Å². The number of carbonyl (C=O) groups excluding carboxylic acids is 1. The van der Waals surface area contributed by atoms with Crippen molar-refractivity contribution >= 4 is 23.4 Å². The molecule has 4 nitrogen and oxygen atoms in total. The Bertz CT molecular complexity index is 505. The summed E-state index contributed by atoms with van der Waals surface area (Å²) in [6.45, 7) is 1.14. The van der Waals surface area contributed by atoms with E-state index >= 15 is 0 Å². The van der Waals surface area contributed by atoms with Crippen molar-refractivity contribution in [3.8, 4) is 0 Å². The Balaban J connectivity index is 3.38. The number of carbonyl (C=O) groups is 2. The van der Waals surface area contributed by atoms with Gasteiger partial charge in [0.2, 0.25) is 0 Å². The molecule has 0 saturated heterocycles. The molecule has 1 rings (SSSR count). The average molecular weight is 293 g/mol. The second kappa shape index (κ2) is 6.08. The first-order chi connectivity index (χ1) is 8.75. The Hall–Kier alpha value is -1.53. The summed E-state index contributed by atoms with van der Waals surface area (Å²) in [5.74, 6) is -2.09. The van der Waals surface area contributed by atoms with Crippen molar-refractivity contribution in [3.63, 3.8) is 0 Å². The predicted octanol–water partition coefficient (Wildman–Crippen LogP) is 2.61. The average Bonchev–Trinajstić information content (AvgIpc) is 2.35. The standard InChI is InChI=1S/C12H11ClF2O4/c1-5(16)9(13)8-4-6(11(14)15)2-3-7(8)10(17)12(18)19/h2-4,9-11,17H,1H3,(H,18,19). The van der Waals surface area contributed by atoms with Gasteiger partial charge in [-0.1, -0.05) is 12.1 Å². The van der Waals surface area contributed by atoms with E-state index in [1.54, 1.807) is 0 Å². The number of aliphatic hydroxyl groups excluding tert-OH is 1. The van der Waals surface area contributed by atoms with E-state index in [0.717, 1.165) is 25.1 Å². The summed E-state index contributed by atoms with van der Waals surface area (Å²) in [4.78, 5) is 22.0. The summed E-state index contributed by atoms with van der Waals surface area (Å²) in [5.41, 5.74) is -0.697. The fraction of sp³-hybridized carbons (Fsp3) is 0.333. The maximum atomic E-state index is 12.6. The fourth-order valence-corrected chi connectivity index (χ4v) is 1.74. The van der Waals surface area contributed by atoms with Crippen LogP contribution in [-0.2, 0) is 9.59 Å². The number of aliphatic carboxylic acids is 1. The monoisotopic (exact) mass is 292 g/mol. The number of ketones is 1. The van der Waals surface area contributed by atoms with Crippen LogP contribution in [-0.4, -0.2) is 22.0 Å². The highest BCUT2D eigenvalue weighted by molar-refractivity contribution is 6.31. The van der Waals surface area contributed by atoms with Gasteiger partial charge in [-0.2, -0.15) is 0 Å². The second-order valence-corrected chi connectivity index (χ2v) is 4.34. The van der Waals surface area contributed by atoms with Gasteiger partial charge in [-0.25, -0.2) is 13.6 Å². The molecule has 0 aromatic heterocycles. The molecule has 0 aliphatic heterocycles. The first-order valence-corrected chi connectivity index (χ1v) is 5.66. The van der Waals surface area contributed by atoms with Crippen LogP contribution < -0.4 is 0 Å². The predicted molar refractivity (Wildman–Crippen MR) is 63.3 cm³/mol. The maximum absolute atomic E-state index is 12.6. The molecule has 0 bridgehead atoms. The van der Waals surface area contributed by atoms with Gasteiger partial charge < -0.3 is 10.2 Å². The molecule has 1 aromatic rings. The second-order valence-electron chi connectivity index (χ2n) is 3.90. The minimum atomic E-state index is -2.79. The molecule has 2 atom stereocenters. The van der Waals surface area contributed by atoms with Crippen molar-refractivity contribution in [1.29, 1.82) is 0 Å². The van der Waals surface area contributed by atoms with Gasteiger partial charge in [0.1, 0.15) is 5.38 Å². The van der Waals surface area contributed by atoms with Gasteiger partial charge in [-0.05, 0) is 24.1 Å². The molecular formula is C12H11ClF2O4. The van der Waals surface area contributed by atoms with E-state index in [2.05, 4.69) is 0 Å². The number of alkyl halides is 3. The van der Waals surface area contributed by atoms with E-state index in [0.29, 0.717) is 0 Å². The molecule has 0 saturated carbocycles. The van der Waals surface area contributed by atoms with Crippen LogP contribution in [0.5, 0.6) is 0 Å². The lowest BCUT2D eigenvalue weighted by Gasteiger charge is -2.16. The number of aliphatic hydroxyl groups is 1. The summed E-state index contributed by atoms with van der Waals surface area (Å²) in [6.07, 6.45) is -4.71. The van der Waals surface area contributed by atoms with Crippen molar-refractivity contribution < 1.29 is 28.6 Å². The highest BCUT2D eigenvalue weighted by Crippen LogP contribution is 2.32. The van der Waals surface area contributed by atoms with Crippen LogP contribution >= 0.6 is 11.6 Å². The molecule has 104 valence electrons. The van der Waals surface area contributed by atoms with Gasteiger partial charge in [0.25, 0.3) is 6.43 Å². The highest BCUT2D eigenvalue weighted by Gasteiger charge is 2.26. The number of halogens is 3. The molecule has 0 aliphatic carbocycles. The van der Waals surface area contributed by atoms with Gasteiger partial charge >= 0.3 is 5.97 Å². The SMILES string of the molecule is CC(=O)C(Cl)c1cc(C(F)F)ccc1C(O)C(=O)O. The minimum Gasteiger partial charge on any atom is -0.479 e. The van der Waals surface area contributed by atoms with Gasteiger partial charge in [0.05, 0.1) is 0 Å². The van der Waals surface area contributed by atoms with Crippen molar-refractivity contribution in [2.45, 2.75) is 24.8 Å². The lowest BCUT2D eigenvalue weighted by Crippen LogP contribution is -2.15. The number of benzene rings is 1. The molecular weight excluding hydrogens is 282 g/mol. The van der Waals surface area contributed by atoms with Gasteiger partial charge in [-0.15, -0.1) is 11.6 Å². The largest absolute Gasteiger partial charge is 0.479 e. The first kappa shape index (κ1) is 15.5. The number of hydrogen-bond acceptors (Lipinski definition) is 3. The first-order valence-electron chi connectivity index (χ1n) is 5.23. The van der Waals surface area contributed by atoms with Crippen LogP contribution in [0.25, 0.3) is 0 Å². The number of carboxylic acid groups (broad SMARTS) is 1. The van der Waals surface area contributed by atoms with Crippen molar-refractivity contribution in [1.82, 2.24) is 0 Å². The number of rotatable bonds is 5. The molecule has 1 aromatic carbocycles. The highest BCUT2D eigenvalue weighted by atomic mass is 35.5. The zero-order valence-corrected chi connectivity index (χ0v) is 10.6. The summed E-state index contributed by atoms with van der Waals surface area (Å²) >= 11 is 5.77. The summed E-state index contributed by atoms with van der Waals surface area (Å²) in [5, 5.41) is 16.9. The van der Waals surface area contributed by atoms with E-state index in [4.69, 9.17) is 16.7 Å². The zero-order valence-electron chi connectivity index (χ0n) is 9.81. The quantitative estimate of drug-likeness (QED) is 0.818. The van der Waals surface area contributed by atoms with E-state index in [1.165, 1.54) is 0 Å². The zero-order chi connectivity index (χ0) is 14.7. The van der Waals surface area contributed by atoms with Gasteiger partial charge in [0, 0.05) is 5.56 Å².